The molecular weight excluding hydrogens is 415 g/mol. The van der Waals surface area contributed by atoms with Crippen LogP contribution in [0.1, 0.15) is 65.7 Å². The van der Waals surface area contributed by atoms with Crippen molar-refractivity contribution in [3.05, 3.63) is 0 Å². The number of nitrogens with zero attached hydrogens (tertiary/aromatic N) is 1. The monoisotopic (exact) mass is 452 g/mol. The zero-order valence-corrected chi connectivity index (χ0v) is 18.2. The van der Waals surface area contributed by atoms with Crippen LogP contribution in [-0.2, 0) is 4.79 Å². The van der Waals surface area contributed by atoms with Gasteiger partial charge in [-0.3, -0.25) is 9.79 Å². The van der Waals surface area contributed by atoms with Crippen LogP contribution in [0.5, 0.6) is 0 Å². The molecule has 5 nitrogen and oxygen atoms in total. The van der Waals surface area contributed by atoms with Crippen molar-refractivity contribution < 1.29 is 4.79 Å². The van der Waals surface area contributed by atoms with Gasteiger partial charge in [-0.15, -0.1) is 24.0 Å². The molecule has 0 saturated heterocycles. The van der Waals surface area contributed by atoms with E-state index in [0.717, 1.165) is 25.0 Å². The van der Waals surface area contributed by atoms with Gasteiger partial charge in [0.2, 0.25) is 5.91 Å². The van der Waals surface area contributed by atoms with Crippen LogP contribution < -0.4 is 16.0 Å². The molecule has 0 heterocycles. The fourth-order valence-electron chi connectivity index (χ4n) is 3.09. The summed E-state index contributed by atoms with van der Waals surface area (Å²) in [6.45, 7) is 8.14. The highest BCUT2D eigenvalue weighted by molar-refractivity contribution is 14.0. The summed E-state index contributed by atoms with van der Waals surface area (Å²) in [5.41, 5.74) is -0.487. The van der Waals surface area contributed by atoms with E-state index < -0.39 is 5.41 Å². The van der Waals surface area contributed by atoms with Gasteiger partial charge >= 0.3 is 0 Å². The number of carbonyl (C=O) groups excluding carboxylic acids is 1. The predicted molar refractivity (Wildman–Crippen MR) is 113 cm³/mol. The van der Waals surface area contributed by atoms with Crippen LogP contribution in [0.3, 0.4) is 0 Å². The molecular formula is C18H37IN4O. The first-order valence-electron chi connectivity index (χ1n) is 9.24. The van der Waals surface area contributed by atoms with E-state index in [0.29, 0.717) is 6.54 Å². The highest BCUT2D eigenvalue weighted by Crippen LogP contribution is 2.28. The van der Waals surface area contributed by atoms with Crippen molar-refractivity contribution in [2.45, 2.75) is 65.7 Å². The van der Waals surface area contributed by atoms with Gasteiger partial charge in [0.1, 0.15) is 0 Å². The lowest BCUT2D eigenvalue weighted by Gasteiger charge is -2.21. The number of amides is 1. The molecule has 0 spiro atoms. The first kappa shape index (κ1) is 23.5. The number of carbonyl (C=O) groups is 1. The Labute approximate surface area is 165 Å². The summed E-state index contributed by atoms with van der Waals surface area (Å²) in [4.78, 5) is 16.4. The summed E-state index contributed by atoms with van der Waals surface area (Å²) in [6.07, 6.45) is 9.58. The smallest absolute Gasteiger partial charge is 0.227 e. The third-order valence-corrected chi connectivity index (χ3v) is 4.62. The molecule has 0 unspecified atom stereocenters. The predicted octanol–water partition coefficient (Wildman–Crippen LogP) is 3.29. The summed E-state index contributed by atoms with van der Waals surface area (Å²) in [7, 11) is 1.67. The second-order valence-corrected chi connectivity index (χ2v) is 7.23. The van der Waals surface area contributed by atoms with Crippen LogP contribution in [-0.4, -0.2) is 38.5 Å². The number of halogens is 1. The summed E-state index contributed by atoms with van der Waals surface area (Å²) >= 11 is 0. The third kappa shape index (κ3) is 9.08. The fraction of sp³-hybridized carbons (Fsp3) is 0.889. The Bertz CT molecular complexity index is 379. The summed E-state index contributed by atoms with van der Waals surface area (Å²) in [5, 5.41) is 9.33. The quantitative estimate of drug-likeness (QED) is 0.218. The van der Waals surface area contributed by atoms with Crippen LogP contribution in [0.15, 0.2) is 4.99 Å². The van der Waals surface area contributed by atoms with Crippen molar-refractivity contribution in [2.24, 2.45) is 16.3 Å². The van der Waals surface area contributed by atoms with Gasteiger partial charge < -0.3 is 16.0 Å². The van der Waals surface area contributed by atoms with Gasteiger partial charge in [-0.25, -0.2) is 0 Å². The zero-order valence-electron chi connectivity index (χ0n) is 15.9. The number of hydrogen-bond donors (Lipinski definition) is 3. The molecule has 0 atom stereocenters. The number of unbranched alkanes of at least 4 members (excludes halogenated alkanes) is 1. The van der Waals surface area contributed by atoms with Gasteiger partial charge in [0.15, 0.2) is 5.96 Å². The molecule has 6 heteroatoms. The van der Waals surface area contributed by atoms with E-state index in [1.165, 1.54) is 44.9 Å². The van der Waals surface area contributed by atoms with Crippen molar-refractivity contribution in [1.29, 1.82) is 0 Å². The first-order valence-corrected chi connectivity index (χ1v) is 9.24. The molecule has 0 aromatic heterocycles. The Kier molecular flexibility index (Phi) is 12.5. The highest BCUT2D eigenvalue weighted by Gasteiger charge is 2.26. The summed E-state index contributed by atoms with van der Waals surface area (Å²) < 4.78 is 0. The van der Waals surface area contributed by atoms with Crippen LogP contribution in [0.2, 0.25) is 0 Å². The lowest BCUT2D eigenvalue weighted by Crippen LogP contribution is -2.41. The van der Waals surface area contributed by atoms with Crippen LogP contribution >= 0.6 is 24.0 Å². The number of hydrogen-bond acceptors (Lipinski definition) is 2. The SMILES string of the molecule is CCNC(=NCC(C)(C)C(=O)NC)NCCCCC1CCCC1.I. The third-order valence-electron chi connectivity index (χ3n) is 4.62. The maximum absolute atomic E-state index is 11.8. The van der Waals surface area contributed by atoms with E-state index in [9.17, 15) is 4.79 Å². The first-order chi connectivity index (χ1) is 11.0. The van der Waals surface area contributed by atoms with Crippen molar-refractivity contribution in [1.82, 2.24) is 16.0 Å². The number of aliphatic imine (C=N–C) groups is 1. The Morgan fingerprint density at radius 3 is 2.42 bits per heavy atom. The van der Waals surface area contributed by atoms with E-state index in [2.05, 4.69) is 27.9 Å². The van der Waals surface area contributed by atoms with Crippen molar-refractivity contribution >= 4 is 35.8 Å². The summed E-state index contributed by atoms with van der Waals surface area (Å²) in [6, 6.07) is 0. The molecule has 0 aromatic rings. The Morgan fingerprint density at radius 1 is 1.17 bits per heavy atom. The molecule has 24 heavy (non-hydrogen) atoms. The lowest BCUT2D eigenvalue weighted by atomic mass is 9.93. The van der Waals surface area contributed by atoms with E-state index in [-0.39, 0.29) is 29.9 Å². The Morgan fingerprint density at radius 2 is 1.83 bits per heavy atom. The number of nitrogens with one attached hydrogen (secondary N) is 3. The molecule has 1 saturated carbocycles. The standard InChI is InChI=1S/C18H36N4O.HI/c1-5-20-17(22-14-18(2,3)16(23)19-4)21-13-9-8-12-15-10-6-7-11-15;/h15H,5-14H2,1-4H3,(H,19,23)(H2,20,21,22);1H. The van der Waals surface area contributed by atoms with Gasteiger partial charge in [0, 0.05) is 20.1 Å². The minimum atomic E-state index is -0.487. The van der Waals surface area contributed by atoms with Gasteiger partial charge in [0.25, 0.3) is 0 Å². The normalized spacial score (nSPS) is 15.8. The molecule has 0 aromatic carbocycles. The van der Waals surface area contributed by atoms with Crippen molar-refractivity contribution in [3.63, 3.8) is 0 Å². The molecule has 1 amide bonds. The largest absolute Gasteiger partial charge is 0.359 e. The van der Waals surface area contributed by atoms with Crippen molar-refractivity contribution in [3.8, 4) is 0 Å². The Balaban J connectivity index is 0.00000529. The van der Waals surface area contributed by atoms with Gasteiger partial charge in [-0.1, -0.05) is 38.5 Å². The Hall–Kier alpha value is -0.530. The second kappa shape index (κ2) is 12.8. The second-order valence-electron chi connectivity index (χ2n) is 7.23. The minimum Gasteiger partial charge on any atom is -0.359 e. The van der Waals surface area contributed by atoms with Crippen LogP contribution in [0, 0.1) is 11.3 Å². The topological polar surface area (TPSA) is 65.5 Å². The zero-order chi connectivity index (χ0) is 17.1. The number of rotatable bonds is 9. The van der Waals surface area contributed by atoms with Crippen LogP contribution in [0.25, 0.3) is 0 Å². The molecule has 142 valence electrons. The molecule has 0 aliphatic heterocycles. The molecule has 1 fully saturated rings. The molecule has 3 N–H and O–H groups in total. The van der Waals surface area contributed by atoms with Gasteiger partial charge in [-0.2, -0.15) is 0 Å². The van der Waals surface area contributed by atoms with Crippen molar-refractivity contribution in [2.75, 3.05) is 26.7 Å². The lowest BCUT2D eigenvalue weighted by molar-refractivity contribution is -0.128. The highest BCUT2D eigenvalue weighted by atomic mass is 127. The van der Waals surface area contributed by atoms with Gasteiger partial charge in [-0.05, 0) is 33.1 Å². The molecule has 1 rings (SSSR count). The fourth-order valence-corrected chi connectivity index (χ4v) is 3.09. The maximum Gasteiger partial charge on any atom is 0.227 e. The number of guanidine groups is 1. The summed E-state index contributed by atoms with van der Waals surface area (Å²) in [5.74, 6) is 1.81. The van der Waals surface area contributed by atoms with E-state index in [4.69, 9.17) is 0 Å². The maximum atomic E-state index is 11.8. The molecule has 0 bridgehead atoms. The van der Waals surface area contributed by atoms with E-state index >= 15 is 0 Å². The minimum absolute atomic E-state index is 0. The van der Waals surface area contributed by atoms with E-state index in [1.807, 2.05) is 13.8 Å². The van der Waals surface area contributed by atoms with Gasteiger partial charge in [0.05, 0.1) is 12.0 Å². The van der Waals surface area contributed by atoms with E-state index in [1.54, 1.807) is 7.05 Å². The average molecular weight is 452 g/mol. The van der Waals surface area contributed by atoms with Crippen LogP contribution in [0.4, 0.5) is 0 Å². The molecule has 0 radical (unpaired) electrons. The average Bonchev–Trinajstić information content (AvgIpc) is 3.04. The molecule has 1 aliphatic carbocycles. The molecule has 1 aliphatic rings.